The van der Waals surface area contributed by atoms with Crippen molar-refractivity contribution in [1.82, 2.24) is 19.7 Å². The zero-order valence-corrected chi connectivity index (χ0v) is 22.2. The van der Waals surface area contributed by atoms with Crippen molar-refractivity contribution in [2.24, 2.45) is 5.73 Å². The number of morpholine rings is 1. The summed E-state index contributed by atoms with van der Waals surface area (Å²) < 4.78 is 23.2. The van der Waals surface area contributed by atoms with Gasteiger partial charge in [-0.2, -0.15) is 5.10 Å². The second kappa shape index (κ2) is 10.1. The smallest absolute Gasteiger partial charge is 0.255 e. The molecule has 1 amide bonds. The normalized spacial score (nSPS) is 18.2. The Bertz CT molecular complexity index is 1470. The highest BCUT2D eigenvalue weighted by Crippen LogP contribution is 2.37. The largest absolute Gasteiger partial charge is 0.378 e. The lowest BCUT2D eigenvalue weighted by Crippen LogP contribution is -2.49. The van der Waals surface area contributed by atoms with Crippen LogP contribution in [-0.4, -0.2) is 70.6 Å². The number of aromatic nitrogens is 3. The first-order valence-corrected chi connectivity index (χ1v) is 13.8. The number of carbonyl (C=O) groups excluding carboxylic acids is 1. The molecule has 0 aliphatic carbocycles. The molecule has 0 saturated carbocycles. The van der Waals surface area contributed by atoms with Gasteiger partial charge in [0.05, 0.1) is 34.8 Å². The fourth-order valence-electron chi connectivity index (χ4n) is 5.22. The highest BCUT2D eigenvalue weighted by molar-refractivity contribution is 7.19. The molecule has 6 rings (SSSR count). The Balaban J connectivity index is 1.32. The van der Waals surface area contributed by atoms with E-state index in [9.17, 15) is 9.18 Å². The minimum Gasteiger partial charge on any atom is -0.378 e. The molecule has 8 nitrogen and oxygen atoms in total. The average Bonchev–Trinajstić information content (AvgIpc) is 3.57. The summed E-state index contributed by atoms with van der Waals surface area (Å²) in [5, 5.41) is 4.85. The van der Waals surface area contributed by atoms with Crippen molar-refractivity contribution in [3.8, 4) is 17.1 Å². The summed E-state index contributed by atoms with van der Waals surface area (Å²) in [5.74, 6) is -0.0843. The standard InChI is InChI=1S/C28H31FN6O2S/c1-19-3-2-4-20(15-19)22-5-8-35(32-22)25-17-24(34-11-13-37-14-12-34)26-23(31-25)16-21(38-26)18-33-9-6-28(29,7-10-33)27(30)36/h2-5,8,15-17H,6-7,9-14,18H2,1H3,(H2,30,36). The van der Waals surface area contributed by atoms with E-state index in [1.54, 1.807) is 11.3 Å². The molecule has 3 aromatic heterocycles. The molecule has 2 N–H and O–H groups in total. The van der Waals surface area contributed by atoms with E-state index in [4.69, 9.17) is 20.6 Å². The maximum absolute atomic E-state index is 14.6. The third kappa shape index (κ3) is 4.91. The quantitative estimate of drug-likeness (QED) is 0.401. The second-order valence-electron chi connectivity index (χ2n) is 10.1. The number of pyridine rings is 1. The van der Waals surface area contributed by atoms with Gasteiger partial charge in [0.2, 0.25) is 0 Å². The first kappa shape index (κ1) is 25.0. The maximum Gasteiger partial charge on any atom is 0.255 e. The van der Waals surface area contributed by atoms with E-state index in [0.717, 1.165) is 50.9 Å². The van der Waals surface area contributed by atoms with Gasteiger partial charge in [-0.25, -0.2) is 14.1 Å². The molecular formula is C28H31FN6O2S. The highest BCUT2D eigenvalue weighted by atomic mass is 32.1. The van der Waals surface area contributed by atoms with Crippen LogP contribution in [-0.2, 0) is 16.1 Å². The Labute approximate surface area is 224 Å². The van der Waals surface area contributed by atoms with Crippen LogP contribution in [0.3, 0.4) is 0 Å². The van der Waals surface area contributed by atoms with E-state index >= 15 is 0 Å². The van der Waals surface area contributed by atoms with Gasteiger partial charge in [0.15, 0.2) is 11.5 Å². The van der Waals surface area contributed by atoms with Crippen LogP contribution in [0.2, 0.25) is 0 Å². The van der Waals surface area contributed by atoms with Gasteiger partial charge in [-0.15, -0.1) is 11.3 Å². The zero-order valence-electron chi connectivity index (χ0n) is 21.4. The van der Waals surface area contributed by atoms with Crippen LogP contribution in [0.15, 0.2) is 48.7 Å². The van der Waals surface area contributed by atoms with Gasteiger partial charge in [0.25, 0.3) is 5.91 Å². The predicted octanol–water partition coefficient (Wildman–Crippen LogP) is 4.08. The number of hydrogen-bond donors (Lipinski definition) is 1. The number of likely N-dealkylation sites (tertiary alicyclic amines) is 1. The van der Waals surface area contributed by atoms with Gasteiger partial charge in [-0.1, -0.05) is 23.8 Å². The van der Waals surface area contributed by atoms with E-state index in [2.05, 4.69) is 47.1 Å². The molecule has 2 aliphatic rings. The first-order valence-electron chi connectivity index (χ1n) is 13.0. The molecule has 198 valence electrons. The molecule has 1 aromatic carbocycles. The van der Waals surface area contributed by atoms with Crippen LogP contribution in [0.5, 0.6) is 0 Å². The van der Waals surface area contributed by atoms with E-state index in [-0.39, 0.29) is 12.8 Å². The number of rotatable bonds is 6. The first-order chi connectivity index (χ1) is 18.4. The number of primary amides is 1. The van der Waals surface area contributed by atoms with Crippen molar-refractivity contribution in [3.05, 3.63) is 59.1 Å². The summed E-state index contributed by atoms with van der Waals surface area (Å²) in [5.41, 5.74) is 8.61. The number of alkyl halides is 1. The molecule has 0 spiro atoms. The molecule has 0 unspecified atom stereocenters. The van der Waals surface area contributed by atoms with Crippen LogP contribution in [0.25, 0.3) is 27.3 Å². The van der Waals surface area contributed by atoms with Gasteiger partial charge in [-0.3, -0.25) is 9.69 Å². The number of carbonyl (C=O) groups is 1. The lowest BCUT2D eigenvalue weighted by Gasteiger charge is -2.34. The van der Waals surface area contributed by atoms with E-state index in [0.29, 0.717) is 32.8 Å². The van der Waals surface area contributed by atoms with Crippen LogP contribution >= 0.6 is 11.3 Å². The number of halogens is 1. The molecule has 2 fully saturated rings. The summed E-state index contributed by atoms with van der Waals surface area (Å²) in [7, 11) is 0. The number of nitrogens with two attached hydrogens (primary N) is 1. The third-order valence-electron chi connectivity index (χ3n) is 7.46. The summed E-state index contributed by atoms with van der Waals surface area (Å²) in [6, 6.07) is 14.6. The predicted molar refractivity (Wildman–Crippen MR) is 147 cm³/mol. The molecule has 2 aliphatic heterocycles. The number of benzene rings is 1. The summed E-state index contributed by atoms with van der Waals surface area (Å²) in [6.45, 7) is 6.77. The van der Waals surface area contributed by atoms with Gasteiger partial charge < -0.3 is 15.4 Å². The number of amides is 1. The van der Waals surface area contributed by atoms with Gasteiger partial charge >= 0.3 is 0 Å². The Morgan fingerprint density at radius 3 is 2.66 bits per heavy atom. The average molecular weight is 535 g/mol. The number of piperidine rings is 1. The number of thiophene rings is 1. The fraction of sp³-hybridized carbons (Fsp3) is 0.393. The monoisotopic (exact) mass is 534 g/mol. The third-order valence-corrected chi connectivity index (χ3v) is 8.59. The van der Waals surface area contributed by atoms with Gasteiger partial charge in [-0.05, 0) is 25.1 Å². The van der Waals surface area contributed by atoms with Gasteiger partial charge in [0, 0.05) is 68.3 Å². The van der Waals surface area contributed by atoms with Crippen LogP contribution < -0.4 is 10.6 Å². The number of fused-ring (bicyclic) bond motifs is 1. The summed E-state index contributed by atoms with van der Waals surface area (Å²) in [6.07, 6.45) is 2.23. The SMILES string of the molecule is Cc1cccc(-c2ccn(-c3cc(N4CCOCC4)c4sc(CN5CCC(F)(C(N)=O)CC5)cc4n3)n2)c1. The number of anilines is 1. The summed E-state index contributed by atoms with van der Waals surface area (Å²) >= 11 is 1.72. The van der Waals surface area contributed by atoms with Crippen molar-refractivity contribution >= 4 is 33.1 Å². The fourth-order valence-corrected chi connectivity index (χ4v) is 6.40. The Morgan fingerprint density at radius 2 is 1.92 bits per heavy atom. The Morgan fingerprint density at radius 1 is 1.13 bits per heavy atom. The highest BCUT2D eigenvalue weighted by Gasteiger charge is 2.40. The maximum atomic E-state index is 14.6. The molecular weight excluding hydrogens is 503 g/mol. The minimum absolute atomic E-state index is 0.136. The van der Waals surface area contributed by atoms with Crippen molar-refractivity contribution in [1.29, 1.82) is 0 Å². The molecule has 4 aromatic rings. The van der Waals surface area contributed by atoms with E-state index < -0.39 is 11.6 Å². The molecule has 38 heavy (non-hydrogen) atoms. The van der Waals surface area contributed by atoms with Crippen molar-refractivity contribution < 1.29 is 13.9 Å². The number of hydrogen-bond acceptors (Lipinski definition) is 7. The Kier molecular flexibility index (Phi) is 6.63. The van der Waals surface area contributed by atoms with E-state index in [1.807, 2.05) is 23.0 Å². The van der Waals surface area contributed by atoms with Crippen LogP contribution in [0, 0.1) is 6.92 Å². The molecule has 0 atom stereocenters. The topological polar surface area (TPSA) is 89.5 Å². The van der Waals surface area contributed by atoms with Crippen molar-refractivity contribution in [2.75, 3.05) is 44.3 Å². The van der Waals surface area contributed by atoms with Gasteiger partial charge in [0.1, 0.15) is 0 Å². The lowest BCUT2D eigenvalue weighted by molar-refractivity contribution is -0.132. The number of nitrogens with zero attached hydrogens (tertiary/aromatic N) is 5. The molecule has 10 heteroatoms. The van der Waals surface area contributed by atoms with E-state index in [1.165, 1.54) is 5.56 Å². The molecule has 5 heterocycles. The molecule has 2 saturated heterocycles. The van der Waals surface area contributed by atoms with Crippen LogP contribution in [0.4, 0.5) is 10.1 Å². The molecule has 0 radical (unpaired) electrons. The van der Waals surface area contributed by atoms with Crippen molar-refractivity contribution in [2.45, 2.75) is 32.0 Å². The lowest BCUT2D eigenvalue weighted by atomic mass is 9.93. The number of ether oxygens (including phenoxy) is 1. The van der Waals surface area contributed by atoms with Crippen molar-refractivity contribution in [3.63, 3.8) is 0 Å². The van der Waals surface area contributed by atoms with Crippen LogP contribution in [0.1, 0.15) is 23.3 Å². The molecule has 0 bridgehead atoms. The second-order valence-corrected chi connectivity index (χ2v) is 11.3. The summed E-state index contributed by atoms with van der Waals surface area (Å²) in [4.78, 5) is 22.2. The number of aryl methyl sites for hydroxylation is 1. The zero-order chi connectivity index (χ0) is 26.3. The Hall–Kier alpha value is -3.34. The minimum atomic E-state index is -1.89.